The Bertz CT molecular complexity index is 437. The fourth-order valence-corrected chi connectivity index (χ4v) is 1.59. The molecule has 0 aromatic carbocycles. The molecular weight excluding hydrogens is 246 g/mol. The van der Waals surface area contributed by atoms with Crippen molar-refractivity contribution in [3.63, 3.8) is 0 Å². The number of aromatic nitrogens is 2. The van der Waals surface area contributed by atoms with E-state index in [2.05, 4.69) is 15.4 Å². The van der Waals surface area contributed by atoms with Crippen LogP contribution in [0.4, 0.5) is 14.7 Å². The Labute approximate surface area is 101 Å². The average molecular weight is 258 g/mol. The minimum Gasteiger partial charge on any atom is -0.383 e. The number of nitrogens with zero attached hydrogens (tertiary/aromatic N) is 2. The van der Waals surface area contributed by atoms with Crippen LogP contribution in [0.1, 0.15) is 19.3 Å². The molecule has 1 heterocycles. The number of aliphatic hydroxyl groups is 1. The monoisotopic (exact) mass is 258 g/mol. The van der Waals surface area contributed by atoms with Crippen LogP contribution in [0.15, 0.2) is 18.5 Å². The van der Waals surface area contributed by atoms with E-state index in [1.807, 2.05) is 0 Å². The molecule has 6 nitrogen and oxygen atoms in total. The molecule has 1 aliphatic carbocycles. The van der Waals surface area contributed by atoms with Gasteiger partial charge in [-0.15, -0.1) is 0 Å². The maximum atomic E-state index is 13.6. The molecule has 0 spiro atoms. The van der Waals surface area contributed by atoms with E-state index < -0.39 is 17.4 Å². The summed E-state index contributed by atoms with van der Waals surface area (Å²) < 4.78 is 27.2. The molecule has 1 aliphatic rings. The van der Waals surface area contributed by atoms with Gasteiger partial charge >= 0.3 is 11.8 Å². The number of carbonyl (C=O) groups is 1. The highest BCUT2D eigenvalue weighted by atomic mass is 19.3. The molecule has 1 aromatic heterocycles. The second-order valence-electron chi connectivity index (χ2n) is 4.11. The van der Waals surface area contributed by atoms with Crippen LogP contribution in [0, 0.1) is 0 Å². The van der Waals surface area contributed by atoms with E-state index in [9.17, 15) is 18.7 Å². The average Bonchev–Trinajstić information content (AvgIpc) is 2.34. The second kappa shape index (κ2) is 4.45. The predicted octanol–water partition coefficient (Wildman–Crippen LogP) is 0.470. The molecule has 8 heteroatoms. The van der Waals surface area contributed by atoms with E-state index in [0.29, 0.717) is 6.42 Å². The summed E-state index contributed by atoms with van der Waals surface area (Å²) in [4.78, 5) is 18.7. The number of halogens is 2. The molecule has 1 fully saturated rings. The van der Waals surface area contributed by atoms with Crippen LogP contribution >= 0.6 is 0 Å². The first-order chi connectivity index (χ1) is 8.46. The molecule has 2 rings (SSSR count). The van der Waals surface area contributed by atoms with Crippen LogP contribution in [0.2, 0.25) is 0 Å². The van der Waals surface area contributed by atoms with Crippen molar-refractivity contribution >= 4 is 11.9 Å². The first kappa shape index (κ1) is 12.6. The van der Waals surface area contributed by atoms with Crippen LogP contribution in [0.5, 0.6) is 0 Å². The smallest absolute Gasteiger partial charge is 0.354 e. The number of amides is 1. The van der Waals surface area contributed by atoms with E-state index in [1.165, 1.54) is 12.4 Å². The number of nitrogens with one attached hydrogen (secondary N) is 2. The summed E-state index contributed by atoms with van der Waals surface area (Å²) in [5.74, 6) is -5.45. The third-order valence-electron chi connectivity index (χ3n) is 2.90. The maximum absolute atomic E-state index is 13.6. The Hall–Kier alpha value is -1.83. The highest BCUT2D eigenvalue weighted by molar-refractivity contribution is 5.85. The van der Waals surface area contributed by atoms with Crippen LogP contribution in [0.25, 0.3) is 0 Å². The zero-order chi connectivity index (χ0) is 13.2. The molecule has 1 saturated carbocycles. The van der Waals surface area contributed by atoms with Crippen LogP contribution in [-0.2, 0) is 4.79 Å². The van der Waals surface area contributed by atoms with E-state index in [4.69, 9.17) is 0 Å². The van der Waals surface area contributed by atoms with Gasteiger partial charge in [0.25, 0.3) is 0 Å². The molecule has 1 aromatic rings. The molecule has 18 heavy (non-hydrogen) atoms. The zero-order valence-corrected chi connectivity index (χ0v) is 9.36. The number of hydrazine groups is 1. The van der Waals surface area contributed by atoms with Gasteiger partial charge in [0, 0.05) is 12.4 Å². The number of hydrogen-bond acceptors (Lipinski definition) is 5. The van der Waals surface area contributed by atoms with Crippen LogP contribution < -0.4 is 10.9 Å². The van der Waals surface area contributed by atoms with E-state index in [0.717, 1.165) is 0 Å². The number of anilines is 1. The summed E-state index contributed by atoms with van der Waals surface area (Å²) in [6.07, 6.45) is 3.08. The Morgan fingerprint density at radius 2 is 2.00 bits per heavy atom. The van der Waals surface area contributed by atoms with Crippen molar-refractivity contribution in [2.75, 3.05) is 5.43 Å². The van der Waals surface area contributed by atoms with Gasteiger partial charge in [-0.3, -0.25) is 15.6 Å². The quantitative estimate of drug-likeness (QED) is 0.683. The van der Waals surface area contributed by atoms with Crippen molar-refractivity contribution in [2.45, 2.75) is 30.8 Å². The Morgan fingerprint density at radius 3 is 2.50 bits per heavy atom. The van der Waals surface area contributed by atoms with E-state index in [1.54, 1.807) is 11.5 Å². The summed E-state index contributed by atoms with van der Waals surface area (Å²) in [6, 6.07) is 1.54. The minimum atomic E-state index is -3.84. The third kappa shape index (κ3) is 2.10. The molecule has 0 saturated heterocycles. The Balaban J connectivity index is 1.95. The number of carbonyl (C=O) groups excluding carboxylic acids is 1. The summed E-state index contributed by atoms with van der Waals surface area (Å²) in [5.41, 5.74) is 1.71. The van der Waals surface area contributed by atoms with Gasteiger partial charge in [0.2, 0.25) is 5.95 Å². The first-order valence-electron chi connectivity index (χ1n) is 5.39. The number of rotatable bonds is 4. The van der Waals surface area contributed by atoms with E-state index >= 15 is 0 Å². The van der Waals surface area contributed by atoms with Gasteiger partial charge in [0.15, 0.2) is 0 Å². The van der Waals surface area contributed by atoms with Crippen LogP contribution in [-0.4, -0.2) is 32.5 Å². The van der Waals surface area contributed by atoms with Crippen molar-refractivity contribution in [2.24, 2.45) is 0 Å². The van der Waals surface area contributed by atoms with Crippen molar-refractivity contribution in [1.82, 2.24) is 15.4 Å². The van der Waals surface area contributed by atoms with Gasteiger partial charge in [-0.1, -0.05) is 0 Å². The third-order valence-corrected chi connectivity index (χ3v) is 2.90. The SMILES string of the molecule is O=C(NNc1ncccn1)C(F)(F)C1(O)CCC1. The molecule has 0 bridgehead atoms. The second-order valence-corrected chi connectivity index (χ2v) is 4.11. The Kier molecular flexibility index (Phi) is 3.12. The number of hydrogen-bond donors (Lipinski definition) is 3. The fourth-order valence-electron chi connectivity index (χ4n) is 1.59. The maximum Gasteiger partial charge on any atom is 0.354 e. The first-order valence-corrected chi connectivity index (χ1v) is 5.39. The lowest BCUT2D eigenvalue weighted by molar-refractivity contribution is -0.215. The fraction of sp³-hybridized carbons (Fsp3) is 0.500. The lowest BCUT2D eigenvalue weighted by Crippen LogP contribution is -2.61. The van der Waals surface area contributed by atoms with Gasteiger partial charge in [-0.25, -0.2) is 9.97 Å². The molecule has 0 radical (unpaired) electrons. The highest BCUT2D eigenvalue weighted by Crippen LogP contribution is 2.44. The van der Waals surface area contributed by atoms with Crippen molar-refractivity contribution in [3.05, 3.63) is 18.5 Å². The van der Waals surface area contributed by atoms with Gasteiger partial charge in [0.05, 0.1) is 0 Å². The Morgan fingerprint density at radius 1 is 1.39 bits per heavy atom. The standard InChI is InChI=1S/C10H12F2N4O2/c11-10(12,9(18)3-1-4-9)7(17)15-16-8-13-5-2-6-14-8/h2,5-6,18H,1,3-4H2,(H,15,17)(H,13,14,16). The van der Waals surface area contributed by atoms with Crippen LogP contribution in [0.3, 0.4) is 0 Å². The summed E-state index contributed by atoms with van der Waals surface area (Å²) >= 11 is 0. The summed E-state index contributed by atoms with van der Waals surface area (Å²) in [7, 11) is 0. The van der Waals surface area contributed by atoms with Crippen molar-refractivity contribution in [3.8, 4) is 0 Å². The molecule has 0 atom stereocenters. The van der Waals surface area contributed by atoms with E-state index in [-0.39, 0.29) is 18.8 Å². The lowest BCUT2D eigenvalue weighted by Gasteiger charge is -2.41. The lowest BCUT2D eigenvalue weighted by atomic mass is 9.75. The van der Waals surface area contributed by atoms with Crippen molar-refractivity contribution in [1.29, 1.82) is 0 Å². The topological polar surface area (TPSA) is 87.1 Å². The van der Waals surface area contributed by atoms with Gasteiger partial charge in [0.1, 0.15) is 5.60 Å². The molecule has 0 unspecified atom stereocenters. The van der Waals surface area contributed by atoms with Gasteiger partial charge in [-0.2, -0.15) is 8.78 Å². The number of alkyl halides is 2. The molecule has 3 N–H and O–H groups in total. The van der Waals surface area contributed by atoms with Gasteiger partial charge in [-0.05, 0) is 25.3 Å². The molecule has 0 aliphatic heterocycles. The summed E-state index contributed by atoms with van der Waals surface area (Å²) in [6.45, 7) is 0. The minimum absolute atomic E-state index is 0.0118. The normalized spacial score (nSPS) is 17.7. The molecule has 98 valence electrons. The summed E-state index contributed by atoms with van der Waals surface area (Å²) in [5, 5.41) is 9.54. The molecular formula is C10H12F2N4O2. The van der Waals surface area contributed by atoms with Gasteiger partial charge < -0.3 is 5.11 Å². The largest absolute Gasteiger partial charge is 0.383 e. The zero-order valence-electron chi connectivity index (χ0n) is 9.36. The molecule has 1 amide bonds. The highest BCUT2D eigenvalue weighted by Gasteiger charge is 2.61. The van der Waals surface area contributed by atoms with Crippen molar-refractivity contribution < 1.29 is 18.7 Å². The predicted molar refractivity (Wildman–Crippen MR) is 57.5 cm³/mol.